The van der Waals surface area contributed by atoms with E-state index in [0.717, 1.165) is 6.54 Å². The van der Waals surface area contributed by atoms with Crippen LogP contribution in [0.15, 0.2) is 30.5 Å². The molecular weight excluding hydrogens is 290 g/mol. The molecule has 0 aliphatic carbocycles. The quantitative estimate of drug-likeness (QED) is 0.880. The third kappa shape index (κ3) is 3.34. The number of nitrogens with one attached hydrogen (secondary N) is 1. The Labute approximate surface area is 137 Å². The Kier molecular flexibility index (Phi) is 4.06. The SMILES string of the molecule is Cn1cc(C2CN(C(=O)OC(C)(C)C)CCN2)c2ccccc21. The molecule has 1 unspecified atom stereocenters. The number of aryl methyl sites for hydroxylation is 1. The highest BCUT2D eigenvalue weighted by molar-refractivity contribution is 5.84. The lowest BCUT2D eigenvalue weighted by molar-refractivity contribution is 0.0195. The molecule has 0 bridgehead atoms. The molecule has 5 nitrogen and oxygen atoms in total. The molecule has 1 aromatic heterocycles. The Bertz CT molecular complexity index is 715. The summed E-state index contributed by atoms with van der Waals surface area (Å²) in [5, 5.41) is 4.76. The van der Waals surface area contributed by atoms with Gasteiger partial charge in [0, 0.05) is 43.8 Å². The maximum Gasteiger partial charge on any atom is 0.410 e. The third-order valence-electron chi connectivity index (χ3n) is 4.13. The van der Waals surface area contributed by atoms with E-state index in [4.69, 9.17) is 4.74 Å². The van der Waals surface area contributed by atoms with Crippen LogP contribution in [0.25, 0.3) is 10.9 Å². The Balaban J connectivity index is 1.82. The van der Waals surface area contributed by atoms with Gasteiger partial charge in [-0.15, -0.1) is 0 Å². The van der Waals surface area contributed by atoms with E-state index in [9.17, 15) is 4.79 Å². The molecule has 1 aromatic carbocycles. The van der Waals surface area contributed by atoms with Crippen LogP contribution in [0.1, 0.15) is 32.4 Å². The van der Waals surface area contributed by atoms with Crippen molar-refractivity contribution in [2.45, 2.75) is 32.4 Å². The monoisotopic (exact) mass is 315 g/mol. The van der Waals surface area contributed by atoms with Crippen LogP contribution >= 0.6 is 0 Å². The molecule has 0 saturated carbocycles. The first-order chi connectivity index (χ1) is 10.8. The van der Waals surface area contributed by atoms with E-state index in [2.05, 4.69) is 41.3 Å². The second-order valence-electron chi connectivity index (χ2n) is 7.15. The summed E-state index contributed by atoms with van der Waals surface area (Å²) in [6, 6.07) is 8.49. The smallest absolute Gasteiger partial charge is 0.410 e. The van der Waals surface area contributed by atoms with Gasteiger partial charge in [0.05, 0.1) is 6.04 Å². The number of para-hydroxylation sites is 1. The minimum Gasteiger partial charge on any atom is -0.444 e. The van der Waals surface area contributed by atoms with Crippen molar-refractivity contribution in [3.8, 4) is 0 Å². The third-order valence-corrected chi connectivity index (χ3v) is 4.13. The summed E-state index contributed by atoms with van der Waals surface area (Å²) in [6.07, 6.45) is 1.92. The highest BCUT2D eigenvalue weighted by Crippen LogP contribution is 2.28. The molecule has 5 heteroatoms. The number of nitrogens with zero attached hydrogens (tertiary/aromatic N) is 2. The van der Waals surface area contributed by atoms with Crippen molar-refractivity contribution >= 4 is 17.0 Å². The fourth-order valence-electron chi connectivity index (χ4n) is 3.10. The van der Waals surface area contributed by atoms with Crippen LogP contribution in [0.3, 0.4) is 0 Å². The van der Waals surface area contributed by atoms with Crippen LogP contribution in [0.5, 0.6) is 0 Å². The molecule has 1 amide bonds. The van der Waals surface area contributed by atoms with Crippen molar-refractivity contribution in [3.63, 3.8) is 0 Å². The number of carbonyl (C=O) groups excluding carboxylic acids is 1. The Morgan fingerprint density at radius 3 is 2.78 bits per heavy atom. The predicted molar refractivity (Wildman–Crippen MR) is 91.5 cm³/mol. The van der Waals surface area contributed by atoms with Gasteiger partial charge in [-0.05, 0) is 32.4 Å². The summed E-state index contributed by atoms with van der Waals surface area (Å²) >= 11 is 0. The van der Waals surface area contributed by atoms with E-state index in [0.29, 0.717) is 13.1 Å². The molecule has 0 radical (unpaired) electrons. The Morgan fingerprint density at radius 2 is 2.04 bits per heavy atom. The Hall–Kier alpha value is -2.01. The predicted octanol–water partition coefficient (Wildman–Crippen LogP) is 3.06. The first kappa shape index (κ1) is 15.9. The van der Waals surface area contributed by atoms with Crippen LogP contribution < -0.4 is 5.32 Å². The van der Waals surface area contributed by atoms with Gasteiger partial charge in [0.2, 0.25) is 0 Å². The molecule has 1 saturated heterocycles. The number of aromatic nitrogens is 1. The minimum absolute atomic E-state index is 0.127. The van der Waals surface area contributed by atoms with Crippen LogP contribution in [0.4, 0.5) is 4.79 Å². The number of ether oxygens (including phenoxy) is 1. The van der Waals surface area contributed by atoms with Gasteiger partial charge in [0.1, 0.15) is 5.60 Å². The van der Waals surface area contributed by atoms with Gasteiger partial charge in [0.25, 0.3) is 0 Å². The second-order valence-corrected chi connectivity index (χ2v) is 7.15. The highest BCUT2D eigenvalue weighted by Gasteiger charge is 2.29. The van der Waals surface area contributed by atoms with Crippen LogP contribution in [0, 0.1) is 0 Å². The highest BCUT2D eigenvalue weighted by atomic mass is 16.6. The van der Waals surface area contributed by atoms with E-state index in [1.54, 1.807) is 4.90 Å². The molecule has 23 heavy (non-hydrogen) atoms. The average Bonchev–Trinajstić information content (AvgIpc) is 2.83. The normalized spacial score (nSPS) is 19.1. The molecule has 2 heterocycles. The molecule has 0 spiro atoms. The van der Waals surface area contributed by atoms with Crippen molar-refractivity contribution in [1.82, 2.24) is 14.8 Å². The molecule has 1 atom stereocenters. The van der Waals surface area contributed by atoms with Crippen molar-refractivity contribution < 1.29 is 9.53 Å². The maximum atomic E-state index is 12.3. The standard InChI is InChI=1S/C18H25N3O2/c1-18(2,3)23-17(22)21-10-9-19-15(12-21)14-11-20(4)16-8-6-5-7-13(14)16/h5-8,11,15,19H,9-10,12H2,1-4H3. The molecule has 1 aliphatic heterocycles. The summed E-state index contributed by atoms with van der Waals surface area (Å²) in [4.78, 5) is 14.1. The van der Waals surface area contributed by atoms with Gasteiger partial charge < -0.3 is 19.5 Å². The van der Waals surface area contributed by atoms with Crippen molar-refractivity contribution in [2.75, 3.05) is 19.6 Å². The zero-order valence-corrected chi connectivity index (χ0v) is 14.3. The van der Waals surface area contributed by atoms with Gasteiger partial charge >= 0.3 is 6.09 Å². The topological polar surface area (TPSA) is 46.5 Å². The lowest BCUT2D eigenvalue weighted by Gasteiger charge is -2.34. The lowest BCUT2D eigenvalue weighted by Crippen LogP contribution is -2.49. The van der Waals surface area contributed by atoms with Crippen LogP contribution in [0.2, 0.25) is 0 Å². The molecule has 3 rings (SSSR count). The summed E-state index contributed by atoms with van der Waals surface area (Å²) in [6.45, 7) is 7.77. The zero-order chi connectivity index (χ0) is 16.6. The number of carbonyl (C=O) groups is 1. The van der Waals surface area contributed by atoms with Crippen molar-refractivity contribution in [1.29, 1.82) is 0 Å². The molecule has 1 N–H and O–H groups in total. The second kappa shape index (κ2) is 5.89. The number of piperazine rings is 1. The van der Waals surface area contributed by atoms with Crippen LogP contribution in [-0.4, -0.2) is 40.8 Å². The molecule has 2 aromatic rings. The largest absolute Gasteiger partial charge is 0.444 e. The molecular formula is C18H25N3O2. The van der Waals surface area contributed by atoms with Gasteiger partial charge in [-0.25, -0.2) is 4.79 Å². The molecule has 1 aliphatic rings. The summed E-state index contributed by atoms with van der Waals surface area (Å²) in [5.41, 5.74) is 1.98. The first-order valence-corrected chi connectivity index (χ1v) is 8.10. The number of fused-ring (bicyclic) bond motifs is 1. The maximum absolute atomic E-state index is 12.3. The first-order valence-electron chi connectivity index (χ1n) is 8.10. The van der Waals surface area contributed by atoms with E-state index in [-0.39, 0.29) is 12.1 Å². The van der Waals surface area contributed by atoms with Gasteiger partial charge in [-0.3, -0.25) is 0 Å². The number of hydrogen-bond acceptors (Lipinski definition) is 3. The molecule has 124 valence electrons. The summed E-state index contributed by atoms with van der Waals surface area (Å²) in [7, 11) is 2.06. The average molecular weight is 315 g/mol. The van der Waals surface area contributed by atoms with Crippen molar-refractivity contribution in [3.05, 3.63) is 36.0 Å². The number of benzene rings is 1. The van der Waals surface area contributed by atoms with E-state index < -0.39 is 5.60 Å². The Morgan fingerprint density at radius 1 is 1.30 bits per heavy atom. The molecule has 1 fully saturated rings. The van der Waals surface area contributed by atoms with Gasteiger partial charge in [0.15, 0.2) is 0 Å². The van der Waals surface area contributed by atoms with Gasteiger partial charge in [-0.2, -0.15) is 0 Å². The number of rotatable bonds is 1. The van der Waals surface area contributed by atoms with E-state index >= 15 is 0 Å². The number of hydrogen-bond donors (Lipinski definition) is 1. The lowest BCUT2D eigenvalue weighted by atomic mass is 10.0. The van der Waals surface area contributed by atoms with E-state index in [1.165, 1.54) is 16.5 Å². The fraction of sp³-hybridized carbons (Fsp3) is 0.500. The summed E-state index contributed by atoms with van der Waals surface area (Å²) in [5.74, 6) is 0. The number of amides is 1. The minimum atomic E-state index is -0.461. The van der Waals surface area contributed by atoms with E-state index in [1.807, 2.05) is 26.8 Å². The zero-order valence-electron chi connectivity index (χ0n) is 14.3. The fourth-order valence-corrected chi connectivity index (χ4v) is 3.10. The van der Waals surface area contributed by atoms with Gasteiger partial charge in [-0.1, -0.05) is 18.2 Å². The van der Waals surface area contributed by atoms with Crippen molar-refractivity contribution in [2.24, 2.45) is 7.05 Å². The summed E-state index contributed by atoms with van der Waals surface area (Å²) < 4.78 is 7.65. The van der Waals surface area contributed by atoms with Crippen LogP contribution in [-0.2, 0) is 11.8 Å².